The second-order valence-corrected chi connectivity index (χ2v) is 12.9. The number of Topliss-reactive ketones (excluding diaryl/α,β-unsaturated/α-hetero) is 1. The van der Waals surface area contributed by atoms with Gasteiger partial charge in [0.05, 0.1) is 7.14 Å². The fourth-order valence-corrected chi connectivity index (χ4v) is 9.57. The van der Waals surface area contributed by atoms with E-state index in [1.165, 1.54) is 0 Å². The highest BCUT2D eigenvalue weighted by molar-refractivity contribution is 7.62. The fraction of sp³-hybridized carbons (Fsp3) is 0.480. The molecule has 0 radical (unpaired) electrons. The van der Waals surface area contributed by atoms with Crippen LogP contribution in [0, 0.1) is 22.7 Å². The molecule has 0 saturated heterocycles. The van der Waals surface area contributed by atoms with Gasteiger partial charge in [-0.25, -0.2) is 0 Å². The molecule has 2 bridgehead atoms. The minimum atomic E-state index is -2.62. The van der Waals surface area contributed by atoms with Crippen molar-refractivity contribution in [3.05, 3.63) is 71.8 Å². The largest absolute Gasteiger partial charge is 0.323 e. The van der Waals surface area contributed by atoms with Gasteiger partial charge in [-0.05, 0) is 34.8 Å². The van der Waals surface area contributed by atoms with Gasteiger partial charge in [-0.15, -0.1) is 0 Å². The van der Waals surface area contributed by atoms with Gasteiger partial charge in [0, 0.05) is 30.3 Å². The number of carbonyl (C=O) groups is 1. The maximum Gasteiger partial charge on any atom is 0.139 e. The van der Waals surface area contributed by atoms with Crippen LogP contribution in [0.2, 0.25) is 0 Å². The maximum atomic E-state index is 14.4. The number of hydrogen-bond acceptors (Lipinski definition) is 2. The van der Waals surface area contributed by atoms with Crippen LogP contribution in [0.3, 0.4) is 0 Å². The average Bonchev–Trinajstić information content (AvgIpc) is 2.64. The number of hydrogen-bond donors (Lipinski definition) is 0. The molecule has 148 valence electrons. The van der Waals surface area contributed by atoms with Crippen molar-refractivity contribution in [1.82, 2.24) is 0 Å². The first kappa shape index (κ1) is 19.6. The lowest BCUT2D eigenvalue weighted by molar-refractivity contribution is -0.169. The summed E-state index contributed by atoms with van der Waals surface area (Å²) in [5.74, 6) is 1.21. The molecule has 3 fully saturated rings. The summed E-state index contributed by atoms with van der Waals surface area (Å²) in [5.41, 5.74) is 1.95. The van der Waals surface area contributed by atoms with Crippen molar-refractivity contribution in [3.63, 3.8) is 0 Å². The highest BCUT2D eigenvalue weighted by atomic mass is 31.2. The molecule has 0 heterocycles. The summed E-state index contributed by atoms with van der Waals surface area (Å²) in [7, 11) is -2.62. The molecule has 3 atom stereocenters. The Morgan fingerprint density at radius 3 is 1.86 bits per heavy atom. The van der Waals surface area contributed by atoms with Crippen molar-refractivity contribution < 1.29 is 9.36 Å². The summed E-state index contributed by atoms with van der Waals surface area (Å²) in [6.45, 7) is 6.71. The molecule has 0 spiro atoms. The van der Waals surface area contributed by atoms with Crippen LogP contribution in [0.5, 0.6) is 0 Å². The Labute approximate surface area is 169 Å². The van der Waals surface area contributed by atoms with Crippen molar-refractivity contribution in [2.24, 2.45) is 22.7 Å². The average molecular weight is 394 g/mol. The van der Waals surface area contributed by atoms with Crippen LogP contribution < -0.4 is 0 Å². The van der Waals surface area contributed by atoms with Crippen LogP contribution in [0.25, 0.3) is 0 Å². The Morgan fingerprint density at radius 1 is 0.893 bits per heavy atom. The third kappa shape index (κ3) is 3.41. The molecule has 0 aliphatic heterocycles. The van der Waals surface area contributed by atoms with Crippen molar-refractivity contribution >= 4 is 12.9 Å². The zero-order valence-corrected chi connectivity index (χ0v) is 18.1. The lowest BCUT2D eigenvalue weighted by atomic mass is 9.41. The first-order valence-corrected chi connectivity index (χ1v) is 12.7. The molecule has 3 aliphatic carbocycles. The van der Waals surface area contributed by atoms with Gasteiger partial charge in [-0.3, -0.25) is 4.79 Å². The van der Waals surface area contributed by atoms with Gasteiger partial charge < -0.3 is 4.57 Å². The van der Waals surface area contributed by atoms with E-state index in [-0.39, 0.29) is 5.41 Å². The summed E-state index contributed by atoms with van der Waals surface area (Å²) in [5, 5.41) is 0. The standard InChI is InChI=1S/C25H31O2P/c1-24(2)21-14-22(24)25(3,23(26)15-21)18-28(27,16-19-10-6-4-7-11-19)17-20-12-8-5-9-13-20/h4-13,21-22H,14-18H2,1-3H3/t21-,22+,25+/m1/s1. The zero-order chi connectivity index (χ0) is 20.0. The van der Waals surface area contributed by atoms with E-state index < -0.39 is 12.6 Å². The molecular weight excluding hydrogens is 363 g/mol. The fourth-order valence-electron chi connectivity index (χ4n) is 5.89. The second kappa shape index (κ2) is 6.99. The first-order chi connectivity index (χ1) is 13.2. The molecule has 2 nitrogen and oxygen atoms in total. The summed E-state index contributed by atoms with van der Waals surface area (Å²) in [4.78, 5) is 13.1. The Morgan fingerprint density at radius 2 is 1.39 bits per heavy atom. The van der Waals surface area contributed by atoms with E-state index in [2.05, 4.69) is 45.0 Å². The van der Waals surface area contributed by atoms with Crippen LogP contribution in [0.15, 0.2) is 60.7 Å². The molecule has 0 amide bonds. The molecule has 0 unspecified atom stereocenters. The normalized spacial score (nSPS) is 28.6. The molecule has 3 saturated carbocycles. The van der Waals surface area contributed by atoms with Crippen LogP contribution >= 0.6 is 7.14 Å². The molecule has 3 heteroatoms. The lowest BCUT2D eigenvalue weighted by Gasteiger charge is -2.63. The lowest BCUT2D eigenvalue weighted by Crippen LogP contribution is -2.62. The van der Waals surface area contributed by atoms with E-state index in [9.17, 15) is 9.36 Å². The van der Waals surface area contributed by atoms with E-state index in [4.69, 9.17) is 0 Å². The molecule has 3 aliphatic rings. The van der Waals surface area contributed by atoms with Gasteiger partial charge >= 0.3 is 0 Å². The second-order valence-electron chi connectivity index (χ2n) is 9.86. The van der Waals surface area contributed by atoms with Crippen molar-refractivity contribution in [3.8, 4) is 0 Å². The van der Waals surface area contributed by atoms with E-state index in [1.54, 1.807) is 0 Å². The third-order valence-electron chi connectivity index (χ3n) is 7.55. The SMILES string of the molecule is CC1(C)[C@H]2CC(=O)[C@@](C)(CP(=O)(Cc3ccccc3)Cc3ccccc3)[C@H]1C2. The number of rotatable bonds is 6. The predicted octanol–water partition coefficient (Wildman–Crippen LogP) is 6.39. The summed E-state index contributed by atoms with van der Waals surface area (Å²) < 4.78 is 14.4. The van der Waals surface area contributed by atoms with Crippen molar-refractivity contribution in [1.29, 1.82) is 0 Å². The highest BCUT2D eigenvalue weighted by Crippen LogP contribution is 2.68. The number of carbonyl (C=O) groups excluding carboxylic acids is 1. The van der Waals surface area contributed by atoms with Gasteiger partial charge in [-0.2, -0.15) is 0 Å². The van der Waals surface area contributed by atoms with Crippen LogP contribution in [0.4, 0.5) is 0 Å². The molecule has 2 aromatic carbocycles. The molecule has 28 heavy (non-hydrogen) atoms. The van der Waals surface area contributed by atoms with Gasteiger partial charge in [0.2, 0.25) is 0 Å². The van der Waals surface area contributed by atoms with Gasteiger partial charge in [0.1, 0.15) is 5.78 Å². The number of benzene rings is 2. The summed E-state index contributed by atoms with van der Waals surface area (Å²) >= 11 is 0. The topological polar surface area (TPSA) is 34.1 Å². The van der Waals surface area contributed by atoms with E-state index in [1.807, 2.05) is 36.4 Å². The monoisotopic (exact) mass is 394 g/mol. The predicted molar refractivity (Wildman–Crippen MR) is 116 cm³/mol. The van der Waals surface area contributed by atoms with E-state index >= 15 is 0 Å². The third-order valence-corrected chi connectivity index (χ3v) is 10.7. The highest BCUT2D eigenvalue weighted by Gasteiger charge is 2.64. The van der Waals surface area contributed by atoms with Crippen molar-refractivity contribution in [2.45, 2.75) is 45.9 Å². The number of fused-ring (bicyclic) bond motifs is 2. The first-order valence-electron chi connectivity index (χ1n) is 10.4. The molecule has 2 aromatic rings. The maximum absolute atomic E-state index is 14.4. The van der Waals surface area contributed by atoms with E-state index in [0.717, 1.165) is 17.5 Å². The van der Waals surface area contributed by atoms with Crippen LogP contribution in [0.1, 0.15) is 44.7 Å². The molecule has 0 N–H and O–H groups in total. The molecule has 5 rings (SSSR count). The van der Waals surface area contributed by atoms with Crippen LogP contribution in [-0.4, -0.2) is 11.9 Å². The smallest absolute Gasteiger partial charge is 0.139 e. The van der Waals surface area contributed by atoms with Crippen LogP contribution in [-0.2, 0) is 21.7 Å². The Balaban J connectivity index is 1.67. The quantitative estimate of drug-likeness (QED) is 0.532. The Hall–Kier alpha value is -1.66. The van der Waals surface area contributed by atoms with Gasteiger partial charge in [-0.1, -0.05) is 81.4 Å². The summed E-state index contributed by atoms with van der Waals surface area (Å²) in [6, 6.07) is 20.3. The molecular formula is C25H31O2P. The van der Waals surface area contributed by atoms with Gasteiger partial charge in [0.15, 0.2) is 0 Å². The Kier molecular flexibility index (Phi) is 4.91. The summed E-state index contributed by atoms with van der Waals surface area (Å²) in [6.07, 6.45) is 3.45. The Bertz CT molecular complexity index is 857. The number of ketones is 1. The minimum Gasteiger partial charge on any atom is -0.323 e. The van der Waals surface area contributed by atoms with Crippen molar-refractivity contribution in [2.75, 3.05) is 6.16 Å². The van der Waals surface area contributed by atoms with Gasteiger partial charge in [0.25, 0.3) is 0 Å². The van der Waals surface area contributed by atoms with E-state index in [0.29, 0.717) is 42.5 Å². The molecule has 0 aromatic heterocycles. The zero-order valence-electron chi connectivity index (χ0n) is 17.2. The minimum absolute atomic E-state index is 0.187.